The quantitative estimate of drug-likeness (QED) is 0.827. The van der Waals surface area contributed by atoms with Crippen molar-refractivity contribution in [1.29, 1.82) is 0 Å². The third-order valence-electron chi connectivity index (χ3n) is 3.03. The molecule has 0 aliphatic heterocycles. The lowest BCUT2D eigenvalue weighted by Crippen LogP contribution is -2.29. The van der Waals surface area contributed by atoms with Gasteiger partial charge in [-0.1, -0.05) is 13.0 Å². The van der Waals surface area contributed by atoms with Crippen molar-refractivity contribution in [1.82, 2.24) is 4.98 Å². The van der Waals surface area contributed by atoms with Gasteiger partial charge in [0.2, 0.25) is 0 Å². The van der Waals surface area contributed by atoms with E-state index >= 15 is 0 Å². The summed E-state index contributed by atoms with van der Waals surface area (Å²) in [6.45, 7) is 5.32. The number of hydrogen-bond donors (Lipinski definition) is 1. The highest BCUT2D eigenvalue weighted by molar-refractivity contribution is 5.50. The number of rotatable bonds is 5. The van der Waals surface area contributed by atoms with E-state index in [1.165, 1.54) is 18.4 Å². The summed E-state index contributed by atoms with van der Waals surface area (Å²) in [5.41, 5.74) is 7.17. The van der Waals surface area contributed by atoms with Gasteiger partial charge < -0.3 is 10.6 Å². The lowest BCUT2D eigenvalue weighted by molar-refractivity contribution is 0.725. The summed E-state index contributed by atoms with van der Waals surface area (Å²) in [7, 11) is 0. The Labute approximate surface area is 97.7 Å². The van der Waals surface area contributed by atoms with Crippen molar-refractivity contribution in [3.05, 3.63) is 23.9 Å². The predicted molar refractivity (Wildman–Crippen MR) is 67.5 cm³/mol. The normalized spacial score (nSPS) is 17.2. The molecule has 3 nitrogen and oxygen atoms in total. The Morgan fingerprint density at radius 2 is 2.31 bits per heavy atom. The molecular weight excluding hydrogens is 198 g/mol. The number of aromatic nitrogens is 1. The van der Waals surface area contributed by atoms with E-state index in [9.17, 15) is 0 Å². The van der Waals surface area contributed by atoms with Gasteiger partial charge in [-0.05, 0) is 32.3 Å². The second-order valence-electron chi connectivity index (χ2n) is 4.63. The van der Waals surface area contributed by atoms with Crippen LogP contribution in [0.1, 0.15) is 44.7 Å². The van der Waals surface area contributed by atoms with E-state index in [1.807, 2.05) is 19.2 Å². The Balaban J connectivity index is 2.28. The molecule has 0 amide bonds. The van der Waals surface area contributed by atoms with Crippen molar-refractivity contribution >= 4 is 5.82 Å². The van der Waals surface area contributed by atoms with Crippen LogP contribution in [0, 0.1) is 0 Å². The highest BCUT2D eigenvalue weighted by Crippen LogP contribution is 2.33. The van der Waals surface area contributed by atoms with Gasteiger partial charge in [0.1, 0.15) is 5.82 Å². The van der Waals surface area contributed by atoms with Crippen molar-refractivity contribution in [2.24, 2.45) is 5.73 Å². The highest BCUT2D eigenvalue weighted by Gasteiger charge is 2.30. The predicted octanol–water partition coefficient (Wildman–Crippen LogP) is 2.48. The van der Waals surface area contributed by atoms with Gasteiger partial charge in [0.05, 0.1) is 0 Å². The zero-order valence-electron chi connectivity index (χ0n) is 10.2. The van der Waals surface area contributed by atoms with Gasteiger partial charge in [-0.15, -0.1) is 0 Å². The third-order valence-corrected chi connectivity index (χ3v) is 3.03. The smallest absolute Gasteiger partial charge is 0.133 e. The van der Waals surface area contributed by atoms with Gasteiger partial charge >= 0.3 is 0 Å². The largest absolute Gasteiger partial charge is 0.353 e. The van der Waals surface area contributed by atoms with Gasteiger partial charge in [0.15, 0.2) is 0 Å². The van der Waals surface area contributed by atoms with Crippen LogP contribution < -0.4 is 10.6 Å². The number of pyridine rings is 1. The summed E-state index contributed by atoms with van der Waals surface area (Å²) in [5, 5.41) is 0. The fourth-order valence-corrected chi connectivity index (χ4v) is 2.09. The van der Waals surface area contributed by atoms with E-state index in [1.54, 1.807) is 0 Å². The number of anilines is 1. The zero-order chi connectivity index (χ0) is 11.5. The molecular formula is C13H21N3. The van der Waals surface area contributed by atoms with Crippen molar-refractivity contribution in [2.45, 2.75) is 45.2 Å². The average molecular weight is 219 g/mol. The van der Waals surface area contributed by atoms with E-state index in [0.717, 1.165) is 18.8 Å². The molecule has 2 N–H and O–H groups in total. The molecule has 1 aromatic heterocycles. The maximum Gasteiger partial charge on any atom is 0.133 e. The first-order valence-corrected chi connectivity index (χ1v) is 6.21. The summed E-state index contributed by atoms with van der Waals surface area (Å²) in [5.74, 6) is 1.10. The van der Waals surface area contributed by atoms with Crippen LogP contribution in [0.2, 0.25) is 0 Å². The number of nitrogens with two attached hydrogens (primary N) is 1. The van der Waals surface area contributed by atoms with Gasteiger partial charge in [-0.2, -0.15) is 0 Å². The molecule has 1 aliphatic carbocycles. The standard InChI is InChI=1S/C13H21N3/c1-3-9-16(11-6-7-11)13-12(10(2)14)5-4-8-15-13/h4-5,8,10-11H,3,6-7,9,14H2,1-2H3. The van der Waals surface area contributed by atoms with Crippen LogP contribution in [-0.2, 0) is 0 Å². The maximum absolute atomic E-state index is 6.00. The molecule has 2 rings (SSSR count). The first kappa shape index (κ1) is 11.4. The summed E-state index contributed by atoms with van der Waals surface area (Å²) in [6.07, 6.45) is 5.63. The zero-order valence-corrected chi connectivity index (χ0v) is 10.2. The molecule has 1 heterocycles. The number of hydrogen-bond acceptors (Lipinski definition) is 3. The van der Waals surface area contributed by atoms with E-state index in [2.05, 4.69) is 22.9 Å². The Kier molecular flexibility index (Phi) is 3.44. The van der Waals surface area contributed by atoms with E-state index in [4.69, 9.17) is 5.73 Å². The molecule has 1 atom stereocenters. The molecule has 1 fully saturated rings. The lowest BCUT2D eigenvalue weighted by atomic mass is 10.1. The molecule has 0 aromatic carbocycles. The molecule has 88 valence electrons. The topological polar surface area (TPSA) is 42.2 Å². The van der Waals surface area contributed by atoms with Crippen molar-refractivity contribution in [3.8, 4) is 0 Å². The van der Waals surface area contributed by atoms with Crippen LogP contribution in [0.15, 0.2) is 18.3 Å². The van der Waals surface area contributed by atoms with Gasteiger partial charge in [-0.3, -0.25) is 0 Å². The lowest BCUT2D eigenvalue weighted by Gasteiger charge is -2.26. The summed E-state index contributed by atoms with van der Waals surface area (Å²) >= 11 is 0. The highest BCUT2D eigenvalue weighted by atomic mass is 15.2. The van der Waals surface area contributed by atoms with Crippen LogP contribution in [0.5, 0.6) is 0 Å². The second kappa shape index (κ2) is 4.83. The minimum atomic E-state index is 0.0572. The Morgan fingerprint density at radius 1 is 1.56 bits per heavy atom. The molecule has 1 saturated carbocycles. The van der Waals surface area contributed by atoms with Crippen molar-refractivity contribution in [2.75, 3.05) is 11.4 Å². The van der Waals surface area contributed by atoms with Gasteiger partial charge in [0.25, 0.3) is 0 Å². The van der Waals surface area contributed by atoms with Crippen LogP contribution in [-0.4, -0.2) is 17.6 Å². The minimum Gasteiger partial charge on any atom is -0.353 e. The van der Waals surface area contributed by atoms with Gasteiger partial charge in [0, 0.05) is 30.4 Å². The van der Waals surface area contributed by atoms with E-state index < -0.39 is 0 Å². The van der Waals surface area contributed by atoms with Crippen LogP contribution in [0.25, 0.3) is 0 Å². The third kappa shape index (κ3) is 2.35. The maximum atomic E-state index is 6.00. The first-order valence-electron chi connectivity index (χ1n) is 6.21. The molecule has 1 unspecified atom stereocenters. The van der Waals surface area contributed by atoms with Crippen LogP contribution in [0.4, 0.5) is 5.82 Å². The Bertz CT molecular complexity index is 345. The summed E-state index contributed by atoms with van der Waals surface area (Å²) in [4.78, 5) is 6.96. The molecule has 0 spiro atoms. The molecule has 16 heavy (non-hydrogen) atoms. The van der Waals surface area contributed by atoms with Crippen LogP contribution >= 0.6 is 0 Å². The number of nitrogens with zero attached hydrogens (tertiary/aromatic N) is 2. The van der Waals surface area contributed by atoms with E-state index in [-0.39, 0.29) is 6.04 Å². The summed E-state index contributed by atoms with van der Waals surface area (Å²) < 4.78 is 0. The minimum absolute atomic E-state index is 0.0572. The molecule has 1 aliphatic rings. The van der Waals surface area contributed by atoms with Gasteiger partial charge in [-0.25, -0.2) is 4.98 Å². The van der Waals surface area contributed by atoms with E-state index in [0.29, 0.717) is 6.04 Å². The molecule has 0 saturated heterocycles. The fourth-order valence-electron chi connectivity index (χ4n) is 2.09. The second-order valence-corrected chi connectivity index (χ2v) is 4.63. The van der Waals surface area contributed by atoms with Crippen molar-refractivity contribution < 1.29 is 0 Å². The van der Waals surface area contributed by atoms with Crippen molar-refractivity contribution in [3.63, 3.8) is 0 Å². The van der Waals surface area contributed by atoms with Crippen LogP contribution in [0.3, 0.4) is 0 Å². The first-order chi connectivity index (χ1) is 7.74. The molecule has 1 aromatic rings. The average Bonchev–Trinajstić information content (AvgIpc) is 3.10. The summed E-state index contributed by atoms with van der Waals surface area (Å²) in [6, 6.07) is 4.83. The fraction of sp³-hybridized carbons (Fsp3) is 0.615. The SMILES string of the molecule is CCCN(c1ncccc1C(C)N)C1CC1. The Morgan fingerprint density at radius 3 is 2.88 bits per heavy atom. The molecule has 0 radical (unpaired) electrons. The molecule has 3 heteroatoms. The Hall–Kier alpha value is -1.09. The monoisotopic (exact) mass is 219 g/mol. The molecule has 0 bridgehead atoms.